The molecule has 0 bridgehead atoms. The number of ether oxygens (including phenoxy) is 1. The van der Waals surface area contributed by atoms with Gasteiger partial charge in [0.25, 0.3) is 0 Å². The molecule has 2 amide bonds. The summed E-state index contributed by atoms with van der Waals surface area (Å²) < 4.78 is 5.32. The van der Waals surface area contributed by atoms with Gasteiger partial charge in [-0.2, -0.15) is 0 Å². The van der Waals surface area contributed by atoms with Gasteiger partial charge in [-0.05, 0) is 25.4 Å². The van der Waals surface area contributed by atoms with E-state index in [1.165, 1.54) is 4.88 Å². The quantitative estimate of drug-likeness (QED) is 0.601. The first-order valence-electron chi connectivity index (χ1n) is 10.4. The van der Waals surface area contributed by atoms with Crippen molar-refractivity contribution in [3.63, 3.8) is 0 Å². The molecule has 0 saturated carbocycles. The van der Waals surface area contributed by atoms with Crippen molar-refractivity contribution in [2.75, 3.05) is 72.6 Å². The molecule has 2 aliphatic rings. The standard InChI is InChI=1S/C20H33N5O3S/c1-16(18(17-4-3-15-29-17)25-9-7-23(2)8-10-25)22-20(27)19(26)21-5-6-24-11-13-28-14-12-24/h3-4,15-16,18H,5-14H2,1-2H3,(H,21,26)(H,22,27)/t16-,18+/m1/s1. The lowest BCUT2D eigenvalue weighted by Crippen LogP contribution is -2.53. The van der Waals surface area contributed by atoms with Gasteiger partial charge in [0.2, 0.25) is 0 Å². The van der Waals surface area contributed by atoms with Crippen LogP contribution in [0, 0.1) is 0 Å². The predicted octanol–water partition coefficient (Wildman–Crippen LogP) is -0.0103. The Morgan fingerprint density at radius 2 is 1.86 bits per heavy atom. The third-order valence-electron chi connectivity index (χ3n) is 5.62. The van der Waals surface area contributed by atoms with Crippen LogP contribution in [0.15, 0.2) is 17.5 Å². The summed E-state index contributed by atoms with van der Waals surface area (Å²) in [6.07, 6.45) is 0. The molecule has 0 spiro atoms. The van der Waals surface area contributed by atoms with Crippen LogP contribution in [0.25, 0.3) is 0 Å². The molecule has 2 aliphatic heterocycles. The van der Waals surface area contributed by atoms with Gasteiger partial charge in [-0.25, -0.2) is 0 Å². The molecular formula is C20H33N5O3S. The summed E-state index contributed by atoms with van der Waals surface area (Å²) in [5.74, 6) is -1.12. The fourth-order valence-electron chi connectivity index (χ4n) is 3.89. The number of piperazine rings is 1. The van der Waals surface area contributed by atoms with E-state index in [9.17, 15) is 9.59 Å². The number of hydrogen-bond donors (Lipinski definition) is 2. The van der Waals surface area contributed by atoms with Gasteiger partial charge in [0.15, 0.2) is 0 Å². The molecule has 0 unspecified atom stereocenters. The summed E-state index contributed by atoms with van der Waals surface area (Å²) in [6.45, 7) is 10.3. The molecule has 2 N–H and O–H groups in total. The summed E-state index contributed by atoms with van der Waals surface area (Å²) in [7, 11) is 2.13. The van der Waals surface area contributed by atoms with Crippen LogP contribution in [-0.2, 0) is 14.3 Å². The second-order valence-electron chi connectivity index (χ2n) is 7.77. The monoisotopic (exact) mass is 423 g/mol. The average Bonchev–Trinajstić information content (AvgIpc) is 3.24. The number of morpholine rings is 1. The SMILES string of the molecule is C[C@@H](NC(=O)C(=O)NCCN1CCOCC1)[C@@H](c1cccs1)N1CCN(C)CC1. The Morgan fingerprint density at radius 3 is 2.52 bits per heavy atom. The van der Waals surface area contributed by atoms with Gasteiger partial charge in [-0.1, -0.05) is 6.07 Å². The van der Waals surface area contributed by atoms with Crippen LogP contribution in [0.3, 0.4) is 0 Å². The summed E-state index contributed by atoms with van der Waals surface area (Å²) in [5.41, 5.74) is 0. The van der Waals surface area contributed by atoms with Crippen molar-refractivity contribution < 1.29 is 14.3 Å². The van der Waals surface area contributed by atoms with E-state index in [1.807, 2.05) is 13.0 Å². The fourth-order valence-corrected chi connectivity index (χ4v) is 4.85. The Kier molecular flexibility index (Phi) is 8.43. The van der Waals surface area contributed by atoms with Crippen LogP contribution in [0.4, 0.5) is 0 Å². The van der Waals surface area contributed by atoms with Gasteiger partial charge in [0.05, 0.1) is 19.3 Å². The van der Waals surface area contributed by atoms with E-state index < -0.39 is 11.8 Å². The number of nitrogens with one attached hydrogen (secondary N) is 2. The summed E-state index contributed by atoms with van der Waals surface area (Å²) in [5, 5.41) is 7.74. The van der Waals surface area contributed by atoms with Crippen LogP contribution in [0.2, 0.25) is 0 Å². The Labute approximate surface area is 177 Å². The van der Waals surface area contributed by atoms with Crippen molar-refractivity contribution in [1.29, 1.82) is 0 Å². The number of likely N-dealkylation sites (N-methyl/N-ethyl adjacent to an activating group) is 1. The summed E-state index contributed by atoms with van der Waals surface area (Å²) in [4.78, 5) is 32.9. The summed E-state index contributed by atoms with van der Waals surface area (Å²) >= 11 is 1.70. The maximum absolute atomic E-state index is 12.5. The van der Waals surface area contributed by atoms with Crippen molar-refractivity contribution >= 4 is 23.2 Å². The number of carbonyl (C=O) groups excluding carboxylic acids is 2. The predicted molar refractivity (Wildman–Crippen MR) is 114 cm³/mol. The van der Waals surface area contributed by atoms with Gasteiger partial charge in [-0.15, -0.1) is 11.3 Å². The molecule has 8 nitrogen and oxygen atoms in total. The number of hydrogen-bond acceptors (Lipinski definition) is 7. The Balaban J connectivity index is 1.50. The maximum atomic E-state index is 12.5. The van der Waals surface area contributed by atoms with Gasteiger partial charge in [-0.3, -0.25) is 19.4 Å². The molecule has 0 aliphatic carbocycles. The topological polar surface area (TPSA) is 77.1 Å². The Hall–Kier alpha value is -1.52. The molecule has 0 radical (unpaired) electrons. The zero-order valence-corrected chi connectivity index (χ0v) is 18.2. The van der Waals surface area contributed by atoms with Crippen LogP contribution in [0.5, 0.6) is 0 Å². The minimum atomic E-state index is -0.562. The lowest BCUT2D eigenvalue weighted by atomic mass is 10.0. The zero-order valence-electron chi connectivity index (χ0n) is 17.4. The lowest BCUT2D eigenvalue weighted by Gasteiger charge is -2.40. The number of amides is 2. The third-order valence-corrected chi connectivity index (χ3v) is 6.56. The van der Waals surface area contributed by atoms with E-state index in [-0.39, 0.29) is 12.1 Å². The number of thiophene rings is 1. The molecule has 29 heavy (non-hydrogen) atoms. The first-order chi connectivity index (χ1) is 14.0. The number of nitrogens with zero attached hydrogens (tertiary/aromatic N) is 3. The molecule has 162 valence electrons. The van der Waals surface area contributed by atoms with Crippen LogP contribution in [0.1, 0.15) is 17.8 Å². The van der Waals surface area contributed by atoms with Crippen LogP contribution < -0.4 is 10.6 Å². The van der Waals surface area contributed by atoms with Crippen molar-refractivity contribution in [3.05, 3.63) is 22.4 Å². The minimum absolute atomic E-state index is 0.0776. The van der Waals surface area contributed by atoms with E-state index in [4.69, 9.17) is 4.74 Å². The molecule has 3 rings (SSSR count). The molecule has 1 aromatic heterocycles. The maximum Gasteiger partial charge on any atom is 0.309 e. The average molecular weight is 424 g/mol. The van der Waals surface area contributed by atoms with Crippen LogP contribution >= 0.6 is 11.3 Å². The van der Waals surface area contributed by atoms with Gasteiger partial charge in [0.1, 0.15) is 0 Å². The second-order valence-corrected chi connectivity index (χ2v) is 8.75. The van der Waals surface area contributed by atoms with Gasteiger partial charge < -0.3 is 20.3 Å². The number of carbonyl (C=O) groups is 2. The molecule has 2 atom stereocenters. The first kappa shape index (κ1) is 22.2. The van der Waals surface area contributed by atoms with E-state index >= 15 is 0 Å². The highest BCUT2D eigenvalue weighted by molar-refractivity contribution is 7.10. The van der Waals surface area contributed by atoms with Crippen LogP contribution in [-0.4, -0.2) is 105 Å². The highest BCUT2D eigenvalue weighted by Gasteiger charge is 2.31. The van der Waals surface area contributed by atoms with Crippen molar-refractivity contribution in [2.45, 2.75) is 19.0 Å². The first-order valence-corrected chi connectivity index (χ1v) is 11.3. The zero-order chi connectivity index (χ0) is 20.6. The lowest BCUT2D eigenvalue weighted by molar-refractivity contribution is -0.139. The van der Waals surface area contributed by atoms with Crippen molar-refractivity contribution in [2.24, 2.45) is 0 Å². The molecule has 2 saturated heterocycles. The molecule has 1 aromatic rings. The smallest absolute Gasteiger partial charge is 0.309 e. The number of rotatable bonds is 7. The second kappa shape index (κ2) is 11.0. The molecule has 2 fully saturated rings. The molecule has 0 aromatic carbocycles. The molecule has 9 heteroatoms. The van der Waals surface area contributed by atoms with Crippen molar-refractivity contribution in [1.82, 2.24) is 25.3 Å². The highest BCUT2D eigenvalue weighted by atomic mass is 32.1. The van der Waals surface area contributed by atoms with E-state index in [1.54, 1.807) is 11.3 Å². The third kappa shape index (κ3) is 6.48. The van der Waals surface area contributed by atoms with E-state index in [0.29, 0.717) is 6.54 Å². The van der Waals surface area contributed by atoms with E-state index in [0.717, 1.165) is 59.0 Å². The molecule has 3 heterocycles. The Morgan fingerprint density at radius 1 is 1.14 bits per heavy atom. The largest absolute Gasteiger partial charge is 0.379 e. The fraction of sp³-hybridized carbons (Fsp3) is 0.700. The van der Waals surface area contributed by atoms with Gasteiger partial charge in [0, 0.05) is 63.3 Å². The van der Waals surface area contributed by atoms with E-state index in [2.05, 4.69) is 43.8 Å². The molecular weight excluding hydrogens is 390 g/mol. The Bertz CT molecular complexity index is 643. The highest BCUT2D eigenvalue weighted by Crippen LogP contribution is 2.29. The van der Waals surface area contributed by atoms with Gasteiger partial charge >= 0.3 is 11.8 Å². The van der Waals surface area contributed by atoms with Crippen molar-refractivity contribution in [3.8, 4) is 0 Å². The normalized spacial score (nSPS) is 21.4. The minimum Gasteiger partial charge on any atom is -0.379 e. The summed E-state index contributed by atoms with van der Waals surface area (Å²) in [6, 6.07) is 4.07.